The molecule has 2 unspecified atom stereocenters. The highest BCUT2D eigenvalue weighted by Gasteiger charge is 2.16. The maximum absolute atomic E-state index is 8.72. The zero-order valence-electron chi connectivity index (χ0n) is 10.1. The monoisotopic (exact) mass is 202 g/mol. The Kier molecular flexibility index (Phi) is 8.20. The molecule has 0 amide bonds. The van der Waals surface area contributed by atoms with Gasteiger partial charge in [-0.05, 0) is 24.7 Å². The molecule has 0 spiro atoms. The molecule has 0 bridgehead atoms. The van der Waals surface area contributed by atoms with Gasteiger partial charge < -0.3 is 9.84 Å². The number of hydrogen-bond acceptors (Lipinski definition) is 2. The van der Waals surface area contributed by atoms with Crippen LogP contribution in [0, 0.1) is 11.8 Å². The van der Waals surface area contributed by atoms with E-state index in [1.807, 2.05) is 0 Å². The Bertz CT molecular complexity index is 123. The van der Waals surface area contributed by atoms with Crippen molar-refractivity contribution in [3.8, 4) is 0 Å². The van der Waals surface area contributed by atoms with E-state index in [0.717, 1.165) is 18.8 Å². The number of hydrogen-bond donors (Lipinski definition) is 1. The predicted molar refractivity (Wildman–Crippen MR) is 60.4 cm³/mol. The largest absolute Gasteiger partial charge is 0.394 e. The fraction of sp³-hybridized carbons (Fsp3) is 1.00. The van der Waals surface area contributed by atoms with Crippen molar-refractivity contribution in [2.75, 3.05) is 13.2 Å². The van der Waals surface area contributed by atoms with E-state index in [9.17, 15) is 0 Å². The zero-order valence-corrected chi connectivity index (χ0v) is 10.1. The van der Waals surface area contributed by atoms with Gasteiger partial charge in [0.15, 0.2) is 0 Å². The molecule has 1 N–H and O–H groups in total. The molecule has 86 valence electrons. The minimum absolute atomic E-state index is 0.134. The van der Waals surface area contributed by atoms with Crippen LogP contribution in [0.3, 0.4) is 0 Å². The summed E-state index contributed by atoms with van der Waals surface area (Å²) in [7, 11) is 0. The number of aliphatic hydroxyl groups excluding tert-OH is 1. The highest BCUT2D eigenvalue weighted by Crippen LogP contribution is 2.19. The molecular formula is C12H26O2. The van der Waals surface area contributed by atoms with Gasteiger partial charge in [-0.1, -0.05) is 34.1 Å². The van der Waals surface area contributed by atoms with E-state index >= 15 is 0 Å². The molecule has 0 aromatic carbocycles. The van der Waals surface area contributed by atoms with Gasteiger partial charge in [-0.25, -0.2) is 0 Å². The maximum Gasteiger partial charge on any atom is 0.0701 e. The summed E-state index contributed by atoms with van der Waals surface area (Å²) in [5, 5.41) is 8.72. The minimum Gasteiger partial charge on any atom is -0.394 e. The van der Waals surface area contributed by atoms with Crippen molar-refractivity contribution in [3.05, 3.63) is 0 Å². The first-order valence-corrected chi connectivity index (χ1v) is 5.84. The summed E-state index contributed by atoms with van der Waals surface area (Å²) in [5.41, 5.74) is 0. The van der Waals surface area contributed by atoms with Crippen molar-refractivity contribution in [2.24, 2.45) is 11.8 Å². The van der Waals surface area contributed by atoms with Gasteiger partial charge in [0, 0.05) is 0 Å². The molecule has 0 aliphatic carbocycles. The van der Waals surface area contributed by atoms with E-state index in [4.69, 9.17) is 9.84 Å². The first kappa shape index (κ1) is 13.9. The Hall–Kier alpha value is -0.0800. The van der Waals surface area contributed by atoms with Crippen LogP contribution in [0.1, 0.15) is 47.0 Å². The molecule has 0 fully saturated rings. The van der Waals surface area contributed by atoms with Crippen LogP contribution in [0.25, 0.3) is 0 Å². The molecule has 2 heteroatoms. The van der Waals surface area contributed by atoms with Crippen LogP contribution in [0.5, 0.6) is 0 Å². The molecule has 0 rings (SSSR count). The van der Waals surface area contributed by atoms with Crippen LogP contribution >= 0.6 is 0 Å². The first-order chi connectivity index (χ1) is 6.61. The fourth-order valence-corrected chi connectivity index (χ4v) is 1.50. The van der Waals surface area contributed by atoms with Gasteiger partial charge in [0.2, 0.25) is 0 Å². The van der Waals surface area contributed by atoms with E-state index in [-0.39, 0.29) is 6.61 Å². The second-order valence-electron chi connectivity index (χ2n) is 4.49. The second kappa shape index (κ2) is 8.25. The summed E-state index contributed by atoms with van der Waals surface area (Å²) in [6.07, 6.45) is 3.80. The quantitative estimate of drug-likeness (QED) is 0.656. The van der Waals surface area contributed by atoms with Crippen molar-refractivity contribution >= 4 is 0 Å². The summed E-state index contributed by atoms with van der Waals surface area (Å²) in [6.45, 7) is 9.50. The van der Waals surface area contributed by atoms with E-state index in [1.54, 1.807) is 0 Å². The molecule has 2 nitrogen and oxygen atoms in total. The molecule has 0 radical (unpaired) electrons. The third-order valence-electron chi connectivity index (χ3n) is 2.73. The average Bonchev–Trinajstić information content (AvgIpc) is 2.16. The highest BCUT2D eigenvalue weighted by molar-refractivity contribution is 4.66. The smallest absolute Gasteiger partial charge is 0.0701 e. The lowest BCUT2D eigenvalue weighted by Gasteiger charge is -2.23. The number of rotatable bonds is 8. The lowest BCUT2D eigenvalue weighted by atomic mass is 9.95. The topological polar surface area (TPSA) is 29.5 Å². The van der Waals surface area contributed by atoms with Crippen LogP contribution in [0.4, 0.5) is 0 Å². The van der Waals surface area contributed by atoms with Crippen molar-refractivity contribution in [3.63, 3.8) is 0 Å². The summed E-state index contributed by atoms with van der Waals surface area (Å²) < 4.78 is 5.64. The lowest BCUT2D eigenvalue weighted by molar-refractivity contribution is -0.00921. The van der Waals surface area contributed by atoms with Crippen molar-refractivity contribution in [1.29, 1.82) is 0 Å². The maximum atomic E-state index is 8.72. The molecule has 0 aromatic heterocycles. The molecule has 0 saturated carbocycles. The molecule has 0 saturated heterocycles. The van der Waals surface area contributed by atoms with E-state index in [0.29, 0.717) is 18.6 Å². The Morgan fingerprint density at radius 2 is 1.79 bits per heavy atom. The molecule has 0 heterocycles. The molecular weight excluding hydrogens is 176 g/mol. The number of aliphatic hydroxyl groups is 1. The lowest BCUT2D eigenvalue weighted by Crippen LogP contribution is -2.23. The standard InChI is InChI=1S/C12H26O2/c1-5-11(4)12(14-9-8-13)7-6-10(2)3/h10-13H,5-9H2,1-4H3. The summed E-state index contributed by atoms with van der Waals surface area (Å²) in [6, 6.07) is 0. The summed E-state index contributed by atoms with van der Waals surface area (Å²) in [5.74, 6) is 1.33. The predicted octanol–water partition coefficient (Wildman–Crippen LogP) is 2.85. The summed E-state index contributed by atoms with van der Waals surface area (Å²) in [4.78, 5) is 0. The molecule has 0 aromatic rings. The average molecular weight is 202 g/mol. The number of ether oxygens (including phenoxy) is 1. The summed E-state index contributed by atoms with van der Waals surface area (Å²) >= 11 is 0. The van der Waals surface area contributed by atoms with Crippen molar-refractivity contribution < 1.29 is 9.84 Å². The van der Waals surface area contributed by atoms with Crippen LogP contribution < -0.4 is 0 Å². The van der Waals surface area contributed by atoms with Gasteiger partial charge in [-0.15, -0.1) is 0 Å². The Morgan fingerprint density at radius 3 is 2.21 bits per heavy atom. The normalized spacial score (nSPS) is 15.9. The molecule has 14 heavy (non-hydrogen) atoms. The van der Waals surface area contributed by atoms with Gasteiger partial charge >= 0.3 is 0 Å². The Morgan fingerprint density at radius 1 is 1.14 bits per heavy atom. The Labute approximate surface area is 88.7 Å². The van der Waals surface area contributed by atoms with Gasteiger partial charge in [0.25, 0.3) is 0 Å². The minimum atomic E-state index is 0.134. The van der Waals surface area contributed by atoms with Crippen LogP contribution in [-0.2, 0) is 4.74 Å². The fourth-order valence-electron chi connectivity index (χ4n) is 1.50. The third-order valence-corrected chi connectivity index (χ3v) is 2.73. The Balaban J connectivity index is 3.84. The molecule has 2 atom stereocenters. The van der Waals surface area contributed by atoms with Crippen LogP contribution in [-0.4, -0.2) is 24.4 Å². The van der Waals surface area contributed by atoms with Gasteiger partial charge in [-0.3, -0.25) is 0 Å². The van der Waals surface area contributed by atoms with Crippen molar-refractivity contribution in [1.82, 2.24) is 0 Å². The highest BCUT2D eigenvalue weighted by atomic mass is 16.5. The molecule has 0 aliphatic rings. The van der Waals surface area contributed by atoms with Crippen molar-refractivity contribution in [2.45, 2.75) is 53.1 Å². The third kappa shape index (κ3) is 6.39. The van der Waals surface area contributed by atoms with Gasteiger partial charge in [0.05, 0.1) is 19.3 Å². The van der Waals surface area contributed by atoms with E-state index < -0.39 is 0 Å². The van der Waals surface area contributed by atoms with E-state index in [1.165, 1.54) is 6.42 Å². The second-order valence-corrected chi connectivity index (χ2v) is 4.49. The van der Waals surface area contributed by atoms with Crippen LogP contribution in [0.15, 0.2) is 0 Å². The molecule has 0 aliphatic heterocycles. The van der Waals surface area contributed by atoms with Gasteiger partial charge in [0.1, 0.15) is 0 Å². The van der Waals surface area contributed by atoms with E-state index in [2.05, 4.69) is 27.7 Å². The van der Waals surface area contributed by atoms with Gasteiger partial charge in [-0.2, -0.15) is 0 Å². The first-order valence-electron chi connectivity index (χ1n) is 5.84. The zero-order chi connectivity index (χ0) is 11.0. The van der Waals surface area contributed by atoms with Crippen LogP contribution in [0.2, 0.25) is 0 Å². The SMILES string of the molecule is CCC(C)C(CCC(C)C)OCCO.